The molecule has 2 aliphatic heterocycles. The predicted molar refractivity (Wildman–Crippen MR) is 115 cm³/mol. The number of hydrogen-bond acceptors (Lipinski definition) is 5. The Morgan fingerprint density at radius 3 is 2.50 bits per heavy atom. The second-order valence-corrected chi connectivity index (χ2v) is 8.10. The van der Waals surface area contributed by atoms with Gasteiger partial charge in [-0.15, -0.1) is 0 Å². The predicted octanol–water partition coefficient (Wildman–Crippen LogP) is 4.45. The molecule has 0 bridgehead atoms. The number of nitrogens with zero attached hydrogens (tertiary/aromatic N) is 1. The van der Waals surface area contributed by atoms with Crippen molar-refractivity contribution in [2.45, 2.75) is 76.2 Å². The van der Waals surface area contributed by atoms with E-state index in [0.29, 0.717) is 19.8 Å². The summed E-state index contributed by atoms with van der Waals surface area (Å²) in [6.45, 7) is 1.34. The van der Waals surface area contributed by atoms with E-state index < -0.39 is 0 Å². The largest absolute Gasteiger partial charge is 0.497 e. The maximum absolute atomic E-state index is 12.4. The minimum absolute atomic E-state index is 0.0341. The number of rotatable bonds is 13. The smallest absolute Gasteiger partial charge is 0.410 e. The Labute approximate surface area is 179 Å². The number of hydrogen-bond donors (Lipinski definition) is 1. The van der Waals surface area contributed by atoms with Gasteiger partial charge >= 0.3 is 6.09 Å². The molecule has 1 aromatic carbocycles. The Bertz CT molecular complexity index is 675. The van der Waals surface area contributed by atoms with Crippen molar-refractivity contribution in [1.82, 2.24) is 4.90 Å². The van der Waals surface area contributed by atoms with Crippen molar-refractivity contribution in [3.05, 3.63) is 42.0 Å². The summed E-state index contributed by atoms with van der Waals surface area (Å²) >= 11 is 0. The van der Waals surface area contributed by atoms with Crippen LogP contribution in [0.2, 0.25) is 0 Å². The van der Waals surface area contributed by atoms with Crippen LogP contribution < -0.4 is 4.74 Å². The summed E-state index contributed by atoms with van der Waals surface area (Å²) in [6, 6.07) is 7.71. The van der Waals surface area contributed by atoms with Gasteiger partial charge in [0.2, 0.25) is 0 Å². The lowest BCUT2D eigenvalue weighted by molar-refractivity contribution is 0.0537. The van der Waals surface area contributed by atoms with Gasteiger partial charge in [-0.2, -0.15) is 0 Å². The number of ether oxygens (including phenoxy) is 3. The molecule has 6 nitrogen and oxygen atoms in total. The summed E-state index contributed by atoms with van der Waals surface area (Å²) < 4.78 is 16.7. The van der Waals surface area contributed by atoms with Crippen LogP contribution in [-0.2, 0) is 16.0 Å². The molecule has 2 aliphatic rings. The number of fused-ring (bicyclic) bond motifs is 1. The van der Waals surface area contributed by atoms with Gasteiger partial charge < -0.3 is 19.3 Å². The number of carbonyl (C=O) groups excluding carboxylic acids is 1. The maximum atomic E-state index is 12.4. The third-order valence-electron chi connectivity index (χ3n) is 5.90. The Morgan fingerprint density at radius 2 is 1.80 bits per heavy atom. The third-order valence-corrected chi connectivity index (χ3v) is 5.90. The SMILES string of the molecule is COc1ccc(CN2C(=O)O[C@@H]3[C@H](/C=C/CCCCCCCCCO)OC[C@@H]32)cc1. The van der Waals surface area contributed by atoms with Gasteiger partial charge in [0.15, 0.2) is 6.10 Å². The summed E-state index contributed by atoms with van der Waals surface area (Å²) in [6.07, 6.45) is 12.8. The lowest BCUT2D eigenvalue weighted by Crippen LogP contribution is -2.36. The Hall–Kier alpha value is -2.05. The van der Waals surface area contributed by atoms with E-state index in [2.05, 4.69) is 12.2 Å². The Balaban J connectivity index is 1.38. The Morgan fingerprint density at radius 1 is 1.10 bits per heavy atom. The molecular formula is C24H35NO5. The molecule has 2 saturated heterocycles. The molecule has 0 radical (unpaired) electrons. The van der Waals surface area contributed by atoms with Crippen LogP contribution in [0.4, 0.5) is 4.79 Å². The van der Waals surface area contributed by atoms with Crippen molar-refractivity contribution in [1.29, 1.82) is 0 Å². The quantitative estimate of drug-likeness (QED) is 0.379. The summed E-state index contributed by atoms with van der Waals surface area (Å²) in [5.74, 6) is 0.803. The lowest BCUT2D eigenvalue weighted by Gasteiger charge is -2.19. The van der Waals surface area contributed by atoms with Gasteiger partial charge in [0, 0.05) is 13.2 Å². The van der Waals surface area contributed by atoms with Gasteiger partial charge in [0.05, 0.1) is 19.8 Å². The summed E-state index contributed by atoms with van der Waals surface area (Å²) in [7, 11) is 1.64. The molecule has 1 aromatic rings. The number of methoxy groups -OCH3 is 1. The molecule has 1 amide bonds. The maximum Gasteiger partial charge on any atom is 0.410 e. The van der Waals surface area contributed by atoms with Gasteiger partial charge in [-0.25, -0.2) is 4.79 Å². The summed E-state index contributed by atoms with van der Waals surface area (Å²) in [5.41, 5.74) is 1.05. The molecule has 6 heteroatoms. The van der Waals surface area contributed by atoms with Crippen LogP contribution in [0.1, 0.15) is 56.9 Å². The van der Waals surface area contributed by atoms with Crippen molar-refractivity contribution in [3.8, 4) is 5.75 Å². The van der Waals surface area contributed by atoms with E-state index in [1.807, 2.05) is 24.3 Å². The zero-order valence-corrected chi connectivity index (χ0v) is 18.0. The summed E-state index contributed by atoms with van der Waals surface area (Å²) in [5, 5.41) is 8.77. The molecule has 0 aromatic heterocycles. The molecule has 0 spiro atoms. The van der Waals surface area contributed by atoms with Crippen LogP contribution in [0.25, 0.3) is 0 Å². The first-order valence-electron chi connectivity index (χ1n) is 11.2. The fourth-order valence-electron chi connectivity index (χ4n) is 4.11. The highest BCUT2D eigenvalue weighted by molar-refractivity contribution is 5.71. The topological polar surface area (TPSA) is 68.2 Å². The molecule has 0 aliphatic carbocycles. The zero-order chi connectivity index (χ0) is 21.2. The molecule has 2 heterocycles. The van der Waals surface area contributed by atoms with Gasteiger partial charge in [0.25, 0.3) is 0 Å². The van der Waals surface area contributed by atoms with E-state index in [0.717, 1.165) is 30.6 Å². The summed E-state index contributed by atoms with van der Waals surface area (Å²) in [4.78, 5) is 14.2. The van der Waals surface area contributed by atoms with Crippen LogP contribution in [0.5, 0.6) is 5.75 Å². The fourth-order valence-corrected chi connectivity index (χ4v) is 4.11. The number of allylic oxidation sites excluding steroid dienone is 1. The standard InChI is InChI=1S/C24H35NO5/c1-28-20-14-12-19(13-15-20)17-25-21-18-29-22(23(21)30-24(25)27)11-9-7-5-3-2-4-6-8-10-16-26/h9,11-15,21-23,26H,2-8,10,16-18H2,1H3/b11-9+/t21-,22-,23-/m0/s1. The van der Waals surface area contributed by atoms with E-state index in [1.54, 1.807) is 12.0 Å². The van der Waals surface area contributed by atoms with Crippen molar-refractivity contribution < 1.29 is 24.1 Å². The van der Waals surface area contributed by atoms with Crippen molar-refractivity contribution >= 4 is 6.09 Å². The van der Waals surface area contributed by atoms with Crippen LogP contribution in [-0.4, -0.2) is 54.7 Å². The first-order valence-corrected chi connectivity index (χ1v) is 11.2. The molecular weight excluding hydrogens is 382 g/mol. The third kappa shape index (κ3) is 6.22. The second-order valence-electron chi connectivity index (χ2n) is 8.10. The number of carbonyl (C=O) groups is 1. The number of aliphatic hydroxyl groups is 1. The van der Waals surface area contributed by atoms with Crippen LogP contribution in [0.15, 0.2) is 36.4 Å². The zero-order valence-electron chi connectivity index (χ0n) is 18.0. The van der Waals surface area contributed by atoms with E-state index in [1.165, 1.54) is 32.1 Å². The van der Waals surface area contributed by atoms with Crippen molar-refractivity contribution in [3.63, 3.8) is 0 Å². The van der Waals surface area contributed by atoms with Crippen LogP contribution in [0.3, 0.4) is 0 Å². The van der Waals surface area contributed by atoms with Gasteiger partial charge in [-0.1, -0.05) is 56.4 Å². The highest BCUT2D eigenvalue weighted by atomic mass is 16.6. The van der Waals surface area contributed by atoms with Crippen molar-refractivity contribution in [2.75, 3.05) is 20.3 Å². The molecule has 1 N–H and O–H groups in total. The second kappa shape index (κ2) is 12.0. The van der Waals surface area contributed by atoms with E-state index in [9.17, 15) is 4.79 Å². The number of benzene rings is 1. The number of amides is 1. The van der Waals surface area contributed by atoms with Gasteiger partial charge in [-0.3, -0.25) is 4.90 Å². The molecule has 0 saturated carbocycles. The van der Waals surface area contributed by atoms with Crippen molar-refractivity contribution in [2.24, 2.45) is 0 Å². The number of aliphatic hydroxyl groups excluding tert-OH is 1. The van der Waals surface area contributed by atoms with Crippen LogP contribution >= 0.6 is 0 Å². The monoisotopic (exact) mass is 417 g/mol. The fraction of sp³-hybridized carbons (Fsp3) is 0.625. The molecule has 166 valence electrons. The molecule has 2 fully saturated rings. The average Bonchev–Trinajstić information content (AvgIpc) is 3.29. The molecule has 3 rings (SSSR count). The lowest BCUT2D eigenvalue weighted by atomic mass is 10.1. The molecule has 3 atom stereocenters. The van der Waals surface area contributed by atoms with E-state index in [-0.39, 0.29) is 24.3 Å². The highest BCUT2D eigenvalue weighted by Gasteiger charge is 2.50. The molecule has 30 heavy (non-hydrogen) atoms. The first kappa shape index (κ1) is 22.6. The number of unbranched alkanes of at least 4 members (excludes halogenated alkanes) is 7. The van der Waals surface area contributed by atoms with Crippen LogP contribution in [0, 0.1) is 0 Å². The van der Waals surface area contributed by atoms with E-state index in [4.69, 9.17) is 19.3 Å². The van der Waals surface area contributed by atoms with Gasteiger partial charge in [0.1, 0.15) is 11.9 Å². The average molecular weight is 418 g/mol. The normalized spacial score (nSPS) is 23.2. The minimum Gasteiger partial charge on any atom is -0.497 e. The highest BCUT2D eigenvalue weighted by Crippen LogP contribution is 2.32. The first-order chi connectivity index (χ1) is 14.7. The Kier molecular flexibility index (Phi) is 9.02. The van der Waals surface area contributed by atoms with Gasteiger partial charge in [-0.05, 0) is 37.0 Å². The minimum atomic E-state index is -0.260. The molecule has 0 unspecified atom stereocenters. The van der Waals surface area contributed by atoms with E-state index >= 15 is 0 Å².